The monoisotopic (exact) mass is 293 g/mol. The van der Waals surface area contributed by atoms with Crippen molar-refractivity contribution in [3.63, 3.8) is 0 Å². The van der Waals surface area contributed by atoms with Crippen LogP contribution in [0.1, 0.15) is 25.3 Å². The van der Waals surface area contributed by atoms with Gasteiger partial charge in [-0.05, 0) is 31.7 Å². The lowest BCUT2D eigenvalue weighted by Crippen LogP contribution is -2.31. The second kappa shape index (κ2) is 6.22. The van der Waals surface area contributed by atoms with Crippen molar-refractivity contribution in [1.82, 2.24) is 4.31 Å². The van der Waals surface area contributed by atoms with Gasteiger partial charge in [0.15, 0.2) is 0 Å². The van der Waals surface area contributed by atoms with E-state index in [4.69, 9.17) is 0 Å². The van der Waals surface area contributed by atoms with Gasteiger partial charge in [0.2, 0.25) is 10.0 Å². The number of amides is 1. The molecule has 20 heavy (non-hydrogen) atoms. The molecule has 5 heteroatoms. The smallest absolute Gasteiger partial charge is 0.259 e. The van der Waals surface area contributed by atoms with Gasteiger partial charge in [-0.25, -0.2) is 12.7 Å². The molecular formula is C15H19NO3S. The second-order valence-corrected chi connectivity index (χ2v) is 7.07. The Morgan fingerprint density at radius 2 is 2.00 bits per heavy atom. The number of hydrogen-bond acceptors (Lipinski definition) is 3. The Kier molecular flexibility index (Phi) is 4.60. The summed E-state index contributed by atoms with van der Waals surface area (Å²) in [5.74, 6) is -0.330. The molecule has 0 N–H and O–H groups in total. The fourth-order valence-electron chi connectivity index (χ4n) is 2.23. The van der Waals surface area contributed by atoms with E-state index in [0.29, 0.717) is 13.0 Å². The highest BCUT2D eigenvalue weighted by Gasteiger charge is 2.31. The van der Waals surface area contributed by atoms with Crippen LogP contribution < -0.4 is 0 Å². The Hall–Kier alpha value is -1.62. The molecule has 2 rings (SSSR count). The van der Waals surface area contributed by atoms with Gasteiger partial charge < -0.3 is 0 Å². The minimum absolute atomic E-state index is 0.0790. The lowest BCUT2D eigenvalue weighted by atomic mass is 10.1. The van der Waals surface area contributed by atoms with Crippen LogP contribution in [0.25, 0.3) is 0 Å². The summed E-state index contributed by atoms with van der Waals surface area (Å²) in [7, 11) is -3.36. The highest BCUT2D eigenvalue weighted by Crippen LogP contribution is 2.15. The third kappa shape index (κ3) is 3.70. The first-order valence-corrected chi connectivity index (χ1v) is 8.35. The van der Waals surface area contributed by atoms with Gasteiger partial charge in [0.25, 0.3) is 5.91 Å². The molecule has 0 aliphatic carbocycles. The molecule has 1 aliphatic rings. The van der Waals surface area contributed by atoms with E-state index < -0.39 is 15.9 Å². The first-order valence-electron chi connectivity index (χ1n) is 6.74. The number of rotatable bonds is 4. The Morgan fingerprint density at radius 3 is 2.60 bits per heavy atom. The number of nitrogens with zero attached hydrogens (tertiary/aromatic N) is 1. The zero-order valence-corrected chi connectivity index (χ0v) is 12.4. The molecule has 1 aromatic rings. The van der Waals surface area contributed by atoms with Gasteiger partial charge in [0, 0.05) is 12.6 Å². The van der Waals surface area contributed by atoms with Gasteiger partial charge in [0.05, 0.1) is 5.75 Å². The third-order valence-corrected chi connectivity index (χ3v) is 5.20. The summed E-state index contributed by atoms with van der Waals surface area (Å²) >= 11 is 0. The van der Waals surface area contributed by atoms with Crippen LogP contribution in [0.2, 0.25) is 0 Å². The molecule has 1 aliphatic heterocycles. The van der Waals surface area contributed by atoms with Gasteiger partial charge in [0.1, 0.15) is 0 Å². The number of carbonyl (C=O) groups excluding carboxylic acids is 1. The SMILES string of the molecule is C/C(=C/C(=O)N1CCCS1(=O)=O)CCc1ccccc1. The van der Waals surface area contributed by atoms with E-state index in [0.717, 1.165) is 22.7 Å². The first kappa shape index (κ1) is 14.8. The van der Waals surface area contributed by atoms with Crippen molar-refractivity contribution in [2.75, 3.05) is 12.3 Å². The van der Waals surface area contributed by atoms with Crippen molar-refractivity contribution in [3.8, 4) is 0 Å². The van der Waals surface area contributed by atoms with Gasteiger partial charge in [-0.2, -0.15) is 0 Å². The number of allylic oxidation sites excluding steroid dienone is 1. The van der Waals surface area contributed by atoms with Crippen LogP contribution in [0, 0.1) is 0 Å². The van der Waals surface area contributed by atoms with Crippen LogP contribution in [-0.2, 0) is 21.2 Å². The Morgan fingerprint density at radius 1 is 1.30 bits per heavy atom. The lowest BCUT2D eigenvalue weighted by Gasteiger charge is -2.12. The number of benzene rings is 1. The fraction of sp³-hybridized carbons (Fsp3) is 0.400. The van der Waals surface area contributed by atoms with Gasteiger partial charge in [-0.1, -0.05) is 35.9 Å². The molecule has 1 aromatic carbocycles. The van der Waals surface area contributed by atoms with Crippen LogP contribution in [0.3, 0.4) is 0 Å². The highest BCUT2D eigenvalue weighted by molar-refractivity contribution is 7.89. The molecular weight excluding hydrogens is 274 g/mol. The molecule has 0 spiro atoms. The van der Waals surface area contributed by atoms with E-state index in [9.17, 15) is 13.2 Å². The van der Waals surface area contributed by atoms with Crippen molar-refractivity contribution in [2.24, 2.45) is 0 Å². The minimum Gasteiger partial charge on any atom is -0.269 e. The summed E-state index contributed by atoms with van der Waals surface area (Å²) in [5.41, 5.74) is 2.11. The van der Waals surface area contributed by atoms with E-state index >= 15 is 0 Å². The number of carbonyl (C=O) groups is 1. The number of hydrogen-bond donors (Lipinski definition) is 0. The highest BCUT2D eigenvalue weighted by atomic mass is 32.2. The Bertz CT molecular complexity index is 605. The topological polar surface area (TPSA) is 54.5 Å². The predicted octanol–water partition coefficient (Wildman–Crippen LogP) is 2.13. The molecule has 0 unspecified atom stereocenters. The summed E-state index contributed by atoms with van der Waals surface area (Å²) in [6.07, 6.45) is 3.59. The van der Waals surface area contributed by atoms with Crippen molar-refractivity contribution in [2.45, 2.75) is 26.2 Å². The summed E-state index contributed by atoms with van der Waals surface area (Å²) in [5, 5.41) is 0. The molecule has 1 amide bonds. The van der Waals surface area contributed by atoms with Gasteiger partial charge >= 0.3 is 0 Å². The normalized spacial score (nSPS) is 18.2. The molecule has 1 fully saturated rings. The van der Waals surface area contributed by atoms with Crippen molar-refractivity contribution >= 4 is 15.9 Å². The zero-order valence-electron chi connectivity index (χ0n) is 11.6. The number of aryl methyl sites for hydroxylation is 1. The molecule has 4 nitrogen and oxygen atoms in total. The standard InChI is InChI=1S/C15H19NO3S/c1-13(8-9-14-6-3-2-4-7-14)12-15(17)16-10-5-11-20(16,18)19/h2-4,6-7,12H,5,8-11H2,1H3/b13-12-. The van der Waals surface area contributed by atoms with Crippen molar-refractivity contribution in [1.29, 1.82) is 0 Å². The first-order chi connectivity index (χ1) is 9.49. The van der Waals surface area contributed by atoms with E-state index in [2.05, 4.69) is 0 Å². The Labute approximate surface area is 120 Å². The maximum atomic E-state index is 12.0. The van der Waals surface area contributed by atoms with E-state index in [1.165, 1.54) is 11.6 Å². The predicted molar refractivity (Wildman–Crippen MR) is 78.6 cm³/mol. The van der Waals surface area contributed by atoms with Crippen LogP contribution >= 0.6 is 0 Å². The Balaban J connectivity index is 1.95. The minimum atomic E-state index is -3.36. The van der Waals surface area contributed by atoms with Crippen LogP contribution in [0.5, 0.6) is 0 Å². The molecule has 0 atom stereocenters. The van der Waals surface area contributed by atoms with E-state index in [1.807, 2.05) is 37.3 Å². The van der Waals surface area contributed by atoms with E-state index in [1.54, 1.807) is 0 Å². The van der Waals surface area contributed by atoms with E-state index in [-0.39, 0.29) is 5.75 Å². The molecule has 0 aromatic heterocycles. The summed E-state index contributed by atoms with van der Waals surface area (Å²) in [4.78, 5) is 12.0. The summed E-state index contributed by atoms with van der Waals surface area (Å²) in [6, 6.07) is 10.0. The van der Waals surface area contributed by atoms with Gasteiger partial charge in [-0.3, -0.25) is 4.79 Å². The fourth-order valence-corrected chi connectivity index (χ4v) is 3.68. The van der Waals surface area contributed by atoms with Gasteiger partial charge in [-0.15, -0.1) is 0 Å². The third-order valence-electron chi connectivity index (χ3n) is 3.37. The lowest BCUT2D eigenvalue weighted by molar-refractivity contribution is -0.121. The van der Waals surface area contributed by atoms with Crippen LogP contribution in [-0.4, -0.2) is 30.9 Å². The summed E-state index contributed by atoms with van der Waals surface area (Å²) in [6.45, 7) is 2.17. The average Bonchev–Trinajstić information content (AvgIpc) is 2.77. The largest absolute Gasteiger partial charge is 0.269 e. The number of sulfonamides is 1. The summed E-state index contributed by atoms with van der Waals surface area (Å²) < 4.78 is 24.3. The molecule has 1 saturated heterocycles. The maximum absolute atomic E-state index is 12.0. The van der Waals surface area contributed by atoms with Crippen LogP contribution in [0.15, 0.2) is 42.0 Å². The average molecular weight is 293 g/mol. The zero-order chi connectivity index (χ0) is 14.6. The molecule has 108 valence electrons. The van der Waals surface area contributed by atoms with Crippen LogP contribution in [0.4, 0.5) is 0 Å². The quantitative estimate of drug-likeness (QED) is 0.799. The maximum Gasteiger partial charge on any atom is 0.259 e. The molecule has 1 heterocycles. The van der Waals surface area contributed by atoms with Crippen molar-refractivity contribution in [3.05, 3.63) is 47.5 Å². The molecule has 0 radical (unpaired) electrons. The second-order valence-electron chi connectivity index (χ2n) is 5.06. The van der Waals surface area contributed by atoms with Crippen molar-refractivity contribution < 1.29 is 13.2 Å². The molecule has 0 saturated carbocycles. The molecule has 0 bridgehead atoms.